The number of hydrogen-bond acceptors (Lipinski definition) is 3. The minimum Gasteiger partial charge on any atom is -0.494 e. The molecule has 0 fully saturated rings. The second kappa shape index (κ2) is 9.14. The molecule has 1 heterocycles. The molecule has 0 atom stereocenters. The van der Waals surface area contributed by atoms with E-state index in [2.05, 4.69) is 12.1 Å². The highest BCUT2D eigenvalue weighted by Crippen LogP contribution is 2.25. The zero-order valence-electron chi connectivity index (χ0n) is 16.5. The Morgan fingerprint density at radius 1 is 0.733 bits per heavy atom. The molecule has 0 aliphatic carbocycles. The van der Waals surface area contributed by atoms with Gasteiger partial charge >= 0.3 is 0 Å². The maximum atomic E-state index is 12.5. The molecule has 0 N–H and O–H groups in total. The summed E-state index contributed by atoms with van der Waals surface area (Å²) in [6, 6.07) is 22.4. The highest BCUT2D eigenvalue weighted by Gasteiger charge is 2.34. The standard InChI is InChI=1S/C25H22ClNO3/c26-20-12-8-18(9-13-20)5-3-4-16-30-21-14-10-19(11-15-21)17-27-24(28)22-6-1-2-7-23(22)25(27)29/h1-2,6-15H,3-5,16-17H2. The number of rotatable bonds is 8. The van der Waals surface area contributed by atoms with E-state index < -0.39 is 0 Å². The summed E-state index contributed by atoms with van der Waals surface area (Å²) in [5.74, 6) is 0.306. The molecule has 0 unspecified atom stereocenters. The molecular formula is C25H22ClNO3. The first-order valence-corrected chi connectivity index (χ1v) is 10.4. The Bertz CT molecular complexity index is 1010. The summed E-state index contributed by atoms with van der Waals surface area (Å²) in [4.78, 5) is 26.2. The lowest BCUT2D eigenvalue weighted by Gasteiger charge is -2.14. The van der Waals surface area contributed by atoms with Gasteiger partial charge in [-0.3, -0.25) is 14.5 Å². The quantitative estimate of drug-likeness (QED) is 0.356. The number of hydrogen-bond donors (Lipinski definition) is 0. The maximum Gasteiger partial charge on any atom is 0.261 e. The van der Waals surface area contributed by atoms with Gasteiger partial charge in [0.25, 0.3) is 11.8 Å². The first kappa shape index (κ1) is 20.2. The number of ether oxygens (including phenoxy) is 1. The van der Waals surface area contributed by atoms with E-state index in [9.17, 15) is 9.59 Å². The molecule has 0 bridgehead atoms. The number of aryl methyl sites for hydroxylation is 1. The van der Waals surface area contributed by atoms with Crippen molar-refractivity contribution < 1.29 is 14.3 Å². The van der Waals surface area contributed by atoms with E-state index in [1.165, 1.54) is 10.5 Å². The van der Waals surface area contributed by atoms with Gasteiger partial charge in [0.05, 0.1) is 24.3 Å². The molecule has 0 radical (unpaired) electrons. The maximum absolute atomic E-state index is 12.5. The smallest absolute Gasteiger partial charge is 0.261 e. The molecule has 0 saturated heterocycles. The molecule has 30 heavy (non-hydrogen) atoms. The lowest BCUT2D eigenvalue weighted by atomic mass is 10.1. The van der Waals surface area contributed by atoms with Gasteiger partial charge in [-0.05, 0) is 66.8 Å². The molecule has 1 aliphatic rings. The van der Waals surface area contributed by atoms with Gasteiger partial charge in [-0.25, -0.2) is 0 Å². The van der Waals surface area contributed by atoms with Crippen molar-refractivity contribution in [1.29, 1.82) is 0 Å². The Kier molecular flexibility index (Phi) is 6.15. The first-order chi connectivity index (χ1) is 14.6. The van der Waals surface area contributed by atoms with Crippen LogP contribution in [-0.2, 0) is 13.0 Å². The van der Waals surface area contributed by atoms with Crippen molar-refractivity contribution in [2.45, 2.75) is 25.8 Å². The van der Waals surface area contributed by atoms with Crippen molar-refractivity contribution in [3.63, 3.8) is 0 Å². The topological polar surface area (TPSA) is 46.6 Å². The molecule has 3 aromatic rings. The Labute approximate surface area is 181 Å². The van der Waals surface area contributed by atoms with E-state index in [0.717, 1.165) is 35.6 Å². The molecule has 152 valence electrons. The Hall–Kier alpha value is -3.11. The molecular weight excluding hydrogens is 398 g/mol. The number of halogens is 1. The number of imide groups is 1. The zero-order chi connectivity index (χ0) is 20.9. The summed E-state index contributed by atoms with van der Waals surface area (Å²) < 4.78 is 5.81. The summed E-state index contributed by atoms with van der Waals surface area (Å²) >= 11 is 5.90. The van der Waals surface area contributed by atoms with Crippen LogP contribution in [0.3, 0.4) is 0 Å². The summed E-state index contributed by atoms with van der Waals surface area (Å²) in [6.07, 6.45) is 3.00. The summed E-state index contributed by atoms with van der Waals surface area (Å²) in [7, 11) is 0. The normalized spacial score (nSPS) is 12.9. The third kappa shape index (κ3) is 4.55. The largest absolute Gasteiger partial charge is 0.494 e. The van der Waals surface area contributed by atoms with E-state index in [-0.39, 0.29) is 18.4 Å². The Morgan fingerprint density at radius 3 is 1.97 bits per heavy atom. The van der Waals surface area contributed by atoms with Crippen molar-refractivity contribution in [3.05, 3.63) is 100 Å². The van der Waals surface area contributed by atoms with E-state index in [0.29, 0.717) is 17.7 Å². The minimum absolute atomic E-state index is 0.239. The van der Waals surface area contributed by atoms with Crippen LogP contribution in [0.2, 0.25) is 5.02 Å². The van der Waals surface area contributed by atoms with Gasteiger partial charge in [0.2, 0.25) is 0 Å². The number of carbonyl (C=O) groups is 2. The van der Waals surface area contributed by atoms with Gasteiger partial charge in [0, 0.05) is 5.02 Å². The molecule has 5 heteroatoms. The van der Waals surface area contributed by atoms with Crippen molar-refractivity contribution in [1.82, 2.24) is 4.90 Å². The monoisotopic (exact) mass is 419 g/mol. The summed E-state index contributed by atoms with van der Waals surface area (Å²) in [5, 5.41) is 0.758. The lowest BCUT2D eigenvalue weighted by Crippen LogP contribution is -2.29. The van der Waals surface area contributed by atoms with Gasteiger partial charge in [-0.2, -0.15) is 0 Å². The van der Waals surface area contributed by atoms with Crippen molar-refractivity contribution in [2.24, 2.45) is 0 Å². The fourth-order valence-electron chi connectivity index (χ4n) is 3.53. The van der Waals surface area contributed by atoms with Crippen LogP contribution in [0.5, 0.6) is 5.75 Å². The average Bonchev–Trinajstić information content (AvgIpc) is 3.01. The number of amides is 2. The molecule has 2 amide bonds. The fraction of sp³-hybridized carbons (Fsp3) is 0.200. The van der Waals surface area contributed by atoms with Crippen LogP contribution in [0.25, 0.3) is 0 Å². The first-order valence-electron chi connectivity index (χ1n) is 10.0. The number of carbonyl (C=O) groups excluding carboxylic acids is 2. The second-order valence-electron chi connectivity index (χ2n) is 7.32. The van der Waals surface area contributed by atoms with Gasteiger partial charge in [0.1, 0.15) is 5.75 Å². The van der Waals surface area contributed by atoms with E-state index in [1.807, 2.05) is 36.4 Å². The lowest BCUT2D eigenvalue weighted by molar-refractivity contribution is 0.0642. The molecule has 0 saturated carbocycles. The van der Waals surface area contributed by atoms with E-state index in [1.54, 1.807) is 24.3 Å². The van der Waals surface area contributed by atoms with Crippen molar-refractivity contribution in [2.75, 3.05) is 6.61 Å². The third-order valence-corrected chi connectivity index (χ3v) is 5.44. The number of unbranched alkanes of at least 4 members (excludes halogenated alkanes) is 1. The fourth-order valence-corrected chi connectivity index (χ4v) is 3.65. The number of benzene rings is 3. The third-order valence-electron chi connectivity index (χ3n) is 5.18. The van der Waals surface area contributed by atoms with E-state index in [4.69, 9.17) is 16.3 Å². The zero-order valence-corrected chi connectivity index (χ0v) is 17.3. The van der Waals surface area contributed by atoms with Gasteiger partial charge < -0.3 is 4.74 Å². The molecule has 3 aromatic carbocycles. The summed E-state index contributed by atoms with van der Waals surface area (Å²) in [6.45, 7) is 0.902. The highest BCUT2D eigenvalue weighted by molar-refractivity contribution is 6.30. The van der Waals surface area contributed by atoms with Crippen LogP contribution >= 0.6 is 11.6 Å². The molecule has 1 aliphatic heterocycles. The Morgan fingerprint density at radius 2 is 1.33 bits per heavy atom. The molecule has 4 rings (SSSR count). The predicted octanol–water partition coefficient (Wildman–Crippen LogP) is 5.54. The van der Waals surface area contributed by atoms with Crippen LogP contribution < -0.4 is 4.74 Å². The SMILES string of the molecule is O=C1c2ccccc2C(=O)N1Cc1ccc(OCCCCc2ccc(Cl)cc2)cc1. The number of nitrogens with zero attached hydrogens (tertiary/aromatic N) is 1. The van der Waals surface area contributed by atoms with Gasteiger partial charge in [-0.15, -0.1) is 0 Å². The van der Waals surface area contributed by atoms with Crippen LogP contribution in [0.4, 0.5) is 0 Å². The van der Waals surface area contributed by atoms with Crippen molar-refractivity contribution in [3.8, 4) is 5.75 Å². The summed E-state index contributed by atoms with van der Waals surface area (Å²) in [5.41, 5.74) is 3.11. The van der Waals surface area contributed by atoms with Crippen molar-refractivity contribution >= 4 is 23.4 Å². The van der Waals surface area contributed by atoms with Crippen LogP contribution in [0.1, 0.15) is 44.7 Å². The predicted molar refractivity (Wildman–Crippen MR) is 117 cm³/mol. The average molecular weight is 420 g/mol. The van der Waals surface area contributed by atoms with E-state index >= 15 is 0 Å². The van der Waals surface area contributed by atoms with Crippen LogP contribution in [0, 0.1) is 0 Å². The minimum atomic E-state index is -0.239. The van der Waals surface area contributed by atoms with Gasteiger partial charge in [-0.1, -0.05) is 48.0 Å². The highest BCUT2D eigenvalue weighted by atomic mass is 35.5. The van der Waals surface area contributed by atoms with Crippen LogP contribution in [0.15, 0.2) is 72.8 Å². The second-order valence-corrected chi connectivity index (χ2v) is 7.75. The van der Waals surface area contributed by atoms with Crippen LogP contribution in [-0.4, -0.2) is 23.3 Å². The van der Waals surface area contributed by atoms with Gasteiger partial charge in [0.15, 0.2) is 0 Å². The molecule has 0 spiro atoms. The molecule has 0 aromatic heterocycles. The number of fused-ring (bicyclic) bond motifs is 1. The molecule has 4 nitrogen and oxygen atoms in total. The Balaban J connectivity index is 1.24.